The van der Waals surface area contributed by atoms with Crippen molar-refractivity contribution in [1.29, 1.82) is 0 Å². The second kappa shape index (κ2) is 6.36. The molecule has 1 aromatic carbocycles. The molecule has 0 radical (unpaired) electrons. The van der Waals surface area contributed by atoms with Crippen molar-refractivity contribution in [3.63, 3.8) is 0 Å². The number of carboxylic acid groups (broad SMARTS) is 1. The van der Waals surface area contributed by atoms with E-state index in [9.17, 15) is 14.7 Å². The first-order valence-corrected chi connectivity index (χ1v) is 6.74. The number of amides is 1. The van der Waals surface area contributed by atoms with Crippen molar-refractivity contribution in [2.75, 3.05) is 0 Å². The van der Waals surface area contributed by atoms with E-state index in [0.29, 0.717) is 6.42 Å². The maximum atomic E-state index is 11.8. The highest BCUT2D eigenvalue weighted by Gasteiger charge is 2.20. The monoisotopic (exact) mass is 260 g/mol. The largest absolute Gasteiger partial charge is 0.550 e. The van der Waals surface area contributed by atoms with Crippen LogP contribution in [0.15, 0.2) is 24.3 Å². The second-order valence-corrected chi connectivity index (χ2v) is 4.94. The van der Waals surface area contributed by atoms with Gasteiger partial charge in [0, 0.05) is 12.4 Å². The highest BCUT2D eigenvalue weighted by atomic mass is 16.4. The van der Waals surface area contributed by atoms with Crippen molar-refractivity contribution in [3.8, 4) is 0 Å². The predicted octanol–water partition coefficient (Wildman–Crippen LogP) is 1.10. The molecule has 1 aliphatic rings. The van der Waals surface area contributed by atoms with Crippen LogP contribution in [0.5, 0.6) is 0 Å². The third-order valence-electron chi connectivity index (χ3n) is 3.49. The van der Waals surface area contributed by atoms with Crippen molar-refractivity contribution in [1.82, 2.24) is 5.32 Å². The Kier molecular flexibility index (Phi) is 4.55. The lowest BCUT2D eigenvalue weighted by Crippen LogP contribution is -2.31. The summed E-state index contributed by atoms with van der Waals surface area (Å²) in [5.74, 6) is -1.18. The zero-order valence-electron chi connectivity index (χ0n) is 10.9. The maximum absolute atomic E-state index is 11.8. The lowest BCUT2D eigenvalue weighted by atomic mass is 9.87. The minimum Gasteiger partial charge on any atom is -0.550 e. The Morgan fingerprint density at radius 1 is 1.26 bits per heavy atom. The quantitative estimate of drug-likeness (QED) is 0.862. The van der Waals surface area contributed by atoms with Gasteiger partial charge in [0.25, 0.3) is 0 Å². The van der Waals surface area contributed by atoms with Gasteiger partial charge in [0.15, 0.2) is 0 Å². The first-order chi connectivity index (χ1) is 9.16. The van der Waals surface area contributed by atoms with Crippen LogP contribution < -0.4 is 10.4 Å². The van der Waals surface area contributed by atoms with E-state index in [1.54, 1.807) is 0 Å². The summed E-state index contributed by atoms with van der Waals surface area (Å²) in [6, 6.07) is 8.23. The molecule has 0 heterocycles. The minimum absolute atomic E-state index is 0.0608. The number of rotatable bonds is 5. The number of benzene rings is 1. The molecule has 0 aliphatic heterocycles. The number of nitrogens with one attached hydrogen (secondary N) is 1. The van der Waals surface area contributed by atoms with Crippen molar-refractivity contribution >= 4 is 11.9 Å². The lowest BCUT2D eigenvalue weighted by Gasteiger charge is -2.26. The lowest BCUT2D eigenvalue weighted by molar-refractivity contribution is -0.305. The van der Waals surface area contributed by atoms with Gasteiger partial charge in [-0.05, 0) is 43.2 Å². The standard InChI is InChI=1S/C15H19NO3/c17-14(9-4-10-15(18)19)16-13-8-3-6-11-5-1-2-7-12(11)13/h1-2,5,7,13H,3-4,6,8-10H2,(H,16,17)(H,18,19)/p-1/t13-/m1/s1. The fourth-order valence-corrected chi connectivity index (χ4v) is 2.56. The van der Waals surface area contributed by atoms with Crippen molar-refractivity contribution in [3.05, 3.63) is 35.4 Å². The first-order valence-electron chi connectivity index (χ1n) is 6.74. The summed E-state index contributed by atoms with van der Waals surface area (Å²) in [6.07, 6.45) is 3.60. The van der Waals surface area contributed by atoms with Crippen LogP contribution >= 0.6 is 0 Å². The van der Waals surface area contributed by atoms with Crippen LogP contribution in [-0.4, -0.2) is 11.9 Å². The number of hydrogen-bond donors (Lipinski definition) is 1. The average Bonchev–Trinajstić information content (AvgIpc) is 2.39. The van der Waals surface area contributed by atoms with E-state index in [-0.39, 0.29) is 24.8 Å². The normalized spacial score (nSPS) is 17.6. The van der Waals surface area contributed by atoms with Crippen LogP contribution in [0.25, 0.3) is 0 Å². The van der Waals surface area contributed by atoms with Crippen LogP contribution in [0.4, 0.5) is 0 Å². The molecule has 1 N–H and O–H groups in total. The van der Waals surface area contributed by atoms with E-state index in [1.165, 1.54) is 11.1 Å². The average molecular weight is 260 g/mol. The van der Waals surface area contributed by atoms with Crippen LogP contribution in [0.3, 0.4) is 0 Å². The number of aliphatic carboxylic acids is 1. The smallest absolute Gasteiger partial charge is 0.220 e. The van der Waals surface area contributed by atoms with Gasteiger partial charge in [-0.3, -0.25) is 4.79 Å². The number of carbonyl (C=O) groups excluding carboxylic acids is 2. The SMILES string of the molecule is O=C([O-])CCCC(=O)N[C@@H]1CCCc2ccccc21. The molecular formula is C15H18NO3-. The van der Waals surface area contributed by atoms with E-state index in [4.69, 9.17) is 0 Å². The van der Waals surface area contributed by atoms with Gasteiger partial charge in [0.2, 0.25) is 5.91 Å². The Morgan fingerprint density at radius 3 is 2.84 bits per heavy atom. The van der Waals surface area contributed by atoms with Gasteiger partial charge in [-0.15, -0.1) is 0 Å². The summed E-state index contributed by atoms with van der Waals surface area (Å²) in [6.45, 7) is 0. The molecule has 0 saturated heterocycles. The van der Waals surface area contributed by atoms with Crippen LogP contribution in [0.1, 0.15) is 49.3 Å². The molecule has 0 saturated carbocycles. The molecule has 102 valence electrons. The number of hydrogen-bond acceptors (Lipinski definition) is 3. The molecule has 1 aliphatic carbocycles. The summed E-state index contributed by atoms with van der Waals surface area (Å²) >= 11 is 0. The number of carboxylic acids is 1. The summed E-state index contributed by atoms with van der Waals surface area (Å²) in [4.78, 5) is 22.1. The van der Waals surface area contributed by atoms with Gasteiger partial charge in [-0.1, -0.05) is 24.3 Å². The second-order valence-electron chi connectivity index (χ2n) is 4.94. The molecule has 0 unspecified atom stereocenters. The molecule has 0 aromatic heterocycles. The van der Waals surface area contributed by atoms with Gasteiger partial charge in [-0.25, -0.2) is 0 Å². The fourth-order valence-electron chi connectivity index (χ4n) is 2.56. The van der Waals surface area contributed by atoms with Crippen LogP contribution in [0, 0.1) is 0 Å². The maximum Gasteiger partial charge on any atom is 0.220 e. The van der Waals surface area contributed by atoms with Crippen molar-refractivity contribution in [2.24, 2.45) is 0 Å². The Hall–Kier alpha value is -1.84. The number of carbonyl (C=O) groups is 2. The summed E-state index contributed by atoms with van der Waals surface area (Å²) in [7, 11) is 0. The van der Waals surface area contributed by atoms with E-state index in [2.05, 4.69) is 17.4 Å². The molecular weight excluding hydrogens is 242 g/mol. The van der Waals surface area contributed by atoms with E-state index in [0.717, 1.165) is 19.3 Å². The summed E-state index contributed by atoms with van der Waals surface area (Å²) < 4.78 is 0. The minimum atomic E-state index is -1.10. The Bertz CT molecular complexity index is 470. The van der Waals surface area contributed by atoms with Gasteiger partial charge < -0.3 is 15.2 Å². The zero-order valence-corrected chi connectivity index (χ0v) is 10.9. The molecule has 4 heteroatoms. The fraction of sp³-hybridized carbons (Fsp3) is 0.467. The summed E-state index contributed by atoms with van der Waals surface area (Å²) in [5.41, 5.74) is 2.50. The molecule has 1 aromatic rings. The van der Waals surface area contributed by atoms with E-state index < -0.39 is 5.97 Å². The highest BCUT2D eigenvalue weighted by Crippen LogP contribution is 2.29. The third-order valence-corrected chi connectivity index (χ3v) is 3.49. The number of fused-ring (bicyclic) bond motifs is 1. The molecule has 0 bridgehead atoms. The molecule has 2 rings (SSSR count). The van der Waals surface area contributed by atoms with Gasteiger partial charge >= 0.3 is 0 Å². The van der Waals surface area contributed by atoms with Gasteiger partial charge in [-0.2, -0.15) is 0 Å². The third kappa shape index (κ3) is 3.81. The molecule has 1 atom stereocenters. The topological polar surface area (TPSA) is 69.2 Å². The molecule has 0 fully saturated rings. The number of aryl methyl sites for hydroxylation is 1. The van der Waals surface area contributed by atoms with Crippen molar-refractivity contribution in [2.45, 2.75) is 44.6 Å². The van der Waals surface area contributed by atoms with E-state index in [1.807, 2.05) is 12.1 Å². The molecule has 4 nitrogen and oxygen atoms in total. The van der Waals surface area contributed by atoms with E-state index >= 15 is 0 Å². The molecule has 0 spiro atoms. The summed E-state index contributed by atoms with van der Waals surface area (Å²) in [5, 5.41) is 13.3. The molecule has 1 amide bonds. The Balaban J connectivity index is 1.90. The van der Waals surface area contributed by atoms with Crippen molar-refractivity contribution < 1.29 is 14.7 Å². The first kappa shape index (κ1) is 13.6. The van der Waals surface area contributed by atoms with Crippen LogP contribution in [0.2, 0.25) is 0 Å². The predicted molar refractivity (Wildman–Crippen MR) is 69.1 cm³/mol. The molecule has 19 heavy (non-hydrogen) atoms. The Morgan fingerprint density at radius 2 is 2.05 bits per heavy atom. The van der Waals surface area contributed by atoms with Gasteiger partial charge in [0.1, 0.15) is 0 Å². The zero-order chi connectivity index (χ0) is 13.7. The Labute approximate surface area is 112 Å². The van der Waals surface area contributed by atoms with Crippen LogP contribution in [-0.2, 0) is 16.0 Å². The highest BCUT2D eigenvalue weighted by molar-refractivity contribution is 5.77. The van der Waals surface area contributed by atoms with Gasteiger partial charge in [0.05, 0.1) is 6.04 Å².